The zero-order valence-corrected chi connectivity index (χ0v) is 20.1. The number of pyridine rings is 2. The molecule has 0 spiro atoms. The van der Waals surface area contributed by atoms with Crippen molar-refractivity contribution in [1.29, 1.82) is 0 Å². The van der Waals surface area contributed by atoms with Crippen LogP contribution in [0.2, 0.25) is 0 Å². The summed E-state index contributed by atoms with van der Waals surface area (Å²) in [5.41, 5.74) is 2.42. The number of imidazole rings is 1. The smallest absolute Gasteiger partial charge is 0.270 e. The number of nitrogens with zero attached hydrogens (tertiary/aromatic N) is 4. The molecule has 0 aliphatic rings. The average molecular weight is 487 g/mol. The van der Waals surface area contributed by atoms with Crippen molar-refractivity contribution in [3.63, 3.8) is 0 Å². The Hall–Kier alpha value is -3.31. The van der Waals surface area contributed by atoms with E-state index in [0.717, 1.165) is 15.1 Å². The van der Waals surface area contributed by atoms with Gasteiger partial charge in [0.05, 0.1) is 41.4 Å². The number of fused-ring (bicyclic) bond motifs is 1. The zero-order valence-electron chi connectivity index (χ0n) is 18.5. The number of rotatable bonds is 7. The summed E-state index contributed by atoms with van der Waals surface area (Å²) >= 11 is 0. The molecular formula is C22H22N4O5S2. The molecule has 1 unspecified atom stereocenters. The largest absolute Gasteiger partial charge is 0.496 e. The molecule has 0 saturated heterocycles. The predicted molar refractivity (Wildman–Crippen MR) is 123 cm³/mol. The summed E-state index contributed by atoms with van der Waals surface area (Å²) in [5.74, 6) is 0.865. The Morgan fingerprint density at radius 3 is 2.39 bits per heavy atom. The molecule has 0 amide bonds. The van der Waals surface area contributed by atoms with Crippen molar-refractivity contribution in [2.24, 2.45) is 0 Å². The number of hydrogen-bond donors (Lipinski definition) is 0. The lowest BCUT2D eigenvalue weighted by molar-refractivity contribution is 0.399. The number of ether oxygens (including phenoxy) is 2. The number of aromatic nitrogens is 4. The molecule has 0 saturated carbocycles. The van der Waals surface area contributed by atoms with Crippen LogP contribution in [0.3, 0.4) is 0 Å². The van der Waals surface area contributed by atoms with E-state index >= 15 is 0 Å². The first-order chi connectivity index (χ1) is 15.8. The lowest BCUT2D eigenvalue weighted by Crippen LogP contribution is -2.18. The molecule has 33 heavy (non-hydrogen) atoms. The fourth-order valence-corrected chi connectivity index (χ4v) is 6.54. The van der Waals surface area contributed by atoms with E-state index in [0.29, 0.717) is 11.4 Å². The maximum absolute atomic E-state index is 13.5. The molecule has 4 rings (SSSR count). The van der Waals surface area contributed by atoms with Crippen molar-refractivity contribution in [3.05, 3.63) is 65.5 Å². The molecule has 11 heteroatoms. The Labute approximate surface area is 193 Å². The van der Waals surface area contributed by atoms with E-state index in [4.69, 9.17) is 9.47 Å². The molecule has 0 N–H and O–H groups in total. The third-order valence-electron chi connectivity index (χ3n) is 5.13. The summed E-state index contributed by atoms with van der Waals surface area (Å²) in [4.78, 5) is 13.0. The molecule has 1 aromatic carbocycles. The van der Waals surface area contributed by atoms with Crippen LogP contribution in [0.15, 0.2) is 58.7 Å². The first-order valence-electron chi connectivity index (χ1n) is 9.89. The number of methoxy groups -OCH3 is 2. The van der Waals surface area contributed by atoms with E-state index in [2.05, 4.69) is 15.0 Å². The summed E-state index contributed by atoms with van der Waals surface area (Å²) in [7, 11) is -2.96. The number of aryl methyl sites for hydroxylation is 1. The second kappa shape index (κ2) is 8.91. The molecule has 3 heterocycles. The summed E-state index contributed by atoms with van der Waals surface area (Å²) < 4.78 is 52.2. The van der Waals surface area contributed by atoms with Gasteiger partial charge < -0.3 is 9.47 Å². The van der Waals surface area contributed by atoms with E-state index in [1.54, 1.807) is 31.5 Å². The lowest BCUT2D eigenvalue weighted by atomic mass is 10.1. The summed E-state index contributed by atoms with van der Waals surface area (Å²) in [5, 5.41) is -0.143. The Kier molecular flexibility index (Phi) is 6.17. The van der Waals surface area contributed by atoms with E-state index in [1.807, 2.05) is 13.8 Å². The van der Waals surface area contributed by atoms with Gasteiger partial charge >= 0.3 is 0 Å². The maximum atomic E-state index is 13.5. The van der Waals surface area contributed by atoms with Gasteiger partial charge in [-0.1, -0.05) is 18.2 Å². The molecular weight excluding hydrogens is 464 g/mol. The van der Waals surface area contributed by atoms with Crippen LogP contribution in [0.1, 0.15) is 16.8 Å². The van der Waals surface area contributed by atoms with E-state index < -0.39 is 20.8 Å². The van der Waals surface area contributed by atoms with Crippen molar-refractivity contribution in [1.82, 2.24) is 18.9 Å². The molecule has 0 bridgehead atoms. The Morgan fingerprint density at radius 2 is 1.73 bits per heavy atom. The fourth-order valence-electron chi connectivity index (χ4n) is 3.50. The zero-order chi connectivity index (χ0) is 23.8. The molecule has 0 radical (unpaired) electrons. The molecule has 1 atom stereocenters. The SMILES string of the molecule is COc1ccc2c(n1)nc(S(=O)Cc1ncc(C)c(OC)c1C)n2S(=O)(=O)c1ccccc1. The van der Waals surface area contributed by atoms with Crippen molar-refractivity contribution in [3.8, 4) is 11.6 Å². The first kappa shape index (κ1) is 22.9. The highest BCUT2D eigenvalue weighted by Gasteiger charge is 2.29. The highest BCUT2D eigenvalue weighted by Crippen LogP contribution is 2.29. The third-order valence-corrected chi connectivity index (χ3v) is 8.19. The summed E-state index contributed by atoms with van der Waals surface area (Å²) in [6.45, 7) is 3.69. The molecule has 172 valence electrons. The molecule has 3 aromatic heterocycles. The van der Waals surface area contributed by atoms with Gasteiger partial charge in [0.2, 0.25) is 11.0 Å². The van der Waals surface area contributed by atoms with Gasteiger partial charge in [0, 0.05) is 23.4 Å². The van der Waals surface area contributed by atoms with Crippen LogP contribution in [-0.2, 0) is 26.6 Å². The molecule has 4 aromatic rings. The normalized spacial score (nSPS) is 12.6. The molecule has 0 aliphatic carbocycles. The Bertz CT molecular complexity index is 1470. The van der Waals surface area contributed by atoms with Gasteiger partial charge in [-0.3, -0.25) is 9.19 Å². The second-order valence-corrected chi connectivity index (χ2v) is 10.3. The van der Waals surface area contributed by atoms with Gasteiger partial charge in [0.15, 0.2) is 5.65 Å². The van der Waals surface area contributed by atoms with Crippen LogP contribution in [-0.4, -0.2) is 45.8 Å². The standard InChI is InChI=1S/C22H22N4O5S2/c1-14-12-23-17(15(2)20(14)31-4)13-32(27)22-25-21-18(10-11-19(24-21)30-3)26(22)33(28,29)16-8-6-5-7-9-16/h5-12H,13H2,1-4H3. The fraction of sp³-hybridized carbons (Fsp3) is 0.227. The van der Waals surface area contributed by atoms with Crippen molar-refractivity contribution >= 4 is 32.0 Å². The Morgan fingerprint density at radius 1 is 1.00 bits per heavy atom. The van der Waals surface area contributed by atoms with Gasteiger partial charge in [0.25, 0.3) is 10.0 Å². The van der Waals surface area contributed by atoms with E-state index in [9.17, 15) is 12.6 Å². The average Bonchev–Trinajstić information content (AvgIpc) is 3.21. The minimum atomic E-state index is -4.10. The van der Waals surface area contributed by atoms with E-state index in [1.165, 1.54) is 31.4 Å². The van der Waals surface area contributed by atoms with Gasteiger partial charge in [-0.2, -0.15) is 9.97 Å². The Balaban J connectivity index is 1.89. The first-order valence-corrected chi connectivity index (χ1v) is 12.7. The minimum absolute atomic E-state index is 0.0460. The van der Waals surface area contributed by atoms with E-state index in [-0.39, 0.29) is 32.8 Å². The highest BCUT2D eigenvalue weighted by molar-refractivity contribution is 7.91. The van der Waals surface area contributed by atoms with Crippen LogP contribution in [0.4, 0.5) is 0 Å². The number of benzene rings is 1. The summed E-state index contributed by atoms with van der Waals surface area (Å²) in [6.07, 6.45) is 1.63. The van der Waals surface area contributed by atoms with Gasteiger partial charge in [-0.15, -0.1) is 0 Å². The van der Waals surface area contributed by atoms with Gasteiger partial charge in [0.1, 0.15) is 11.3 Å². The van der Waals surface area contributed by atoms with Crippen LogP contribution in [0, 0.1) is 13.8 Å². The second-order valence-electron chi connectivity index (χ2n) is 7.21. The van der Waals surface area contributed by atoms with Gasteiger partial charge in [-0.25, -0.2) is 12.4 Å². The topological polar surface area (TPSA) is 113 Å². The quantitative estimate of drug-likeness (QED) is 0.392. The predicted octanol–water partition coefficient (Wildman–Crippen LogP) is 3.01. The monoisotopic (exact) mass is 486 g/mol. The lowest BCUT2D eigenvalue weighted by Gasteiger charge is -2.13. The molecule has 9 nitrogen and oxygen atoms in total. The molecule has 0 fully saturated rings. The number of hydrogen-bond acceptors (Lipinski definition) is 8. The highest BCUT2D eigenvalue weighted by atomic mass is 32.2. The van der Waals surface area contributed by atoms with Crippen molar-refractivity contribution < 1.29 is 22.1 Å². The minimum Gasteiger partial charge on any atom is -0.496 e. The van der Waals surface area contributed by atoms with Gasteiger partial charge in [-0.05, 0) is 32.0 Å². The van der Waals surface area contributed by atoms with Crippen molar-refractivity contribution in [2.45, 2.75) is 29.7 Å². The van der Waals surface area contributed by atoms with Crippen LogP contribution in [0.5, 0.6) is 11.6 Å². The van der Waals surface area contributed by atoms with Crippen LogP contribution < -0.4 is 9.47 Å². The third kappa shape index (κ3) is 4.09. The van der Waals surface area contributed by atoms with Crippen molar-refractivity contribution in [2.75, 3.05) is 14.2 Å². The maximum Gasteiger partial charge on any atom is 0.270 e. The van der Waals surface area contributed by atoms with Crippen LogP contribution >= 0.6 is 0 Å². The van der Waals surface area contributed by atoms with Crippen LogP contribution in [0.25, 0.3) is 11.2 Å². The molecule has 0 aliphatic heterocycles. The summed E-state index contributed by atoms with van der Waals surface area (Å²) in [6, 6.07) is 11.0.